The lowest BCUT2D eigenvalue weighted by Gasteiger charge is -2.34. The molecule has 1 aliphatic heterocycles. The van der Waals surface area contributed by atoms with Gasteiger partial charge in [0, 0.05) is 38.1 Å². The number of hydrogen-bond acceptors (Lipinski definition) is 4. The molecule has 2 aromatic rings. The maximum absolute atomic E-state index is 12.6. The number of piperidine rings is 1. The smallest absolute Gasteiger partial charge is 0.321 e. The molecule has 0 aliphatic carbocycles. The SMILES string of the molecule is CC1CC(C(=O)O)CN(C(=O)Nc2cccnc2-c2cnn(C)c2)C1. The van der Waals surface area contributed by atoms with Gasteiger partial charge in [-0.2, -0.15) is 5.10 Å². The predicted molar refractivity (Wildman–Crippen MR) is 91.9 cm³/mol. The number of nitrogens with one attached hydrogen (secondary N) is 1. The summed E-state index contributed by atoms with van der Waals surface area (Å²) < 4.78 is 1.67. The first-order valence-corrected chi connectivity index (χ1v) is 8.17. The standard InChI is InChI=1S/C17H21N5O3/c1-11-6-12(16(23)24)10-22(8-11)17(25)20-14-4-3-5-18-15(14)13-7-19-21(2)9-13/h3-5,7,9,11-12H,6,8,10H2,1-2H3,(H,20,25)(H,23,24). The maximum Gasteiger partial charge on any atom is 0.321 e. The molecule has 2 atom stereocenters. The highest BCUT2D eigenvalue weighted by Crippen LogP contribution is 2.26. The number of aryl methyl sites for hydroxylation is 1. The van der Waals surface area contributed by atoms with Crippen LogP contribution in [0.2, 0.25) is 0 Å². The number of amides is 2. The molecule has 0 saturated carbocycles. The van der Waals surface area contributed by atoms with Crippen molar-refractivity contribution in [1.29, 1.82) is 0 Å². The van der Waals surface area contributed by atoms with Crippen molar-refractivity contribution in [2.24, 2.45) is 18.9 Å². The number of carboxylic acids is 1. The van der Waals surface area contributed by atoms with E-state index in [1.807, 2.05) is 20.2 Å². The van der Waals surface area contributed by atoms with E-state index in [9.17, 15) is 14.7 Å². The van der Waals surface area contributed by atoms with Crippen molar-refractivity contribution in [2.75, 3.05) is 18.4 Å². The van der Waals surface area contributed by atoms with Gasteiger partial charge in [-0.3, -0.25) is 14.5 Å². The van der Waals surface area contributed by atoms with E-state index in [1.165, 1.54) is 0 Å². The molecule has 1 saturated heterocycles. The Morgan fingerprint density at radius 1 is 1.36 bits per heavy atom. The summed E-state index contributed by atoms with van der Waals surface area (Å²) in [5, 5.41) is 16.3. The number of urea groups is 1. The van der Waals surface area contributed by atoms with Crippen LogP contribution in [0.25, 0.3) is 11.3 Å². The summed E-state index contributed by atoms with van der Waals surface area (Å²) in [5.74, 6) is -1.24. The number of nitrogens with zero attached hydrogens (tertiary/aromatic N) is 4. The summed E-state index contributed by atoms with van der Waals surface area (Å²) in [4.78, 5) is 29.8. The molecule has 3 rings (SSSR count). The van der Waals surface area contributed by atoms with Crippen LogP contribution in [0.1, 0.15) is 13.3 Å². The first-order valence-electron chi connectivity index (χ1n) is 8.17. The van der Waals surface area contributed by atoms with E-state index < -0.39 is 11.9 Å². The maximum atomic E-state index is 12.6. The average molecular weight is 343 g/mol. The second-order valence-electron chi connectivity index (χ2n) is 6.51. The molecule has 132 valence electrons. The molecule has 2 unspecified atom stereocenters. The zero-order valence-electron chi connectivity index (χ0n) is 14.2. The summed E-state index contributed by atoms with van der Waals surface area (Å²) in [6, 6.07) is 3.21. The summed E-state index contributed by atoms with van der Waals surface area (Å²) in [6.07, 6.45) is 5.75. The quantitative estimate of drug-likeness (QED) is 0.888. The molecule has 3 heterocycles. The molecule has 1 fully saturated rings. The van der Waals surface area contributed by atoms with Gasteiger partial charge in [0.2, 0.25) is 0 Å². The van der Waals surface area contributed by atoms with Gasteiger partial charge in [0.05, 0.1) is 23.5 Å². The van der Waals surface area contributed by atoms with Crippen LogP contribution in [0.5, 0.6) is 0 Å². The molecule has 2 amide bonds. The minimum absolute atomic E-state index is 0.146. The van der Waals surface area contributed by atoms with Gasteiger partial charge in [-0.25, -0.2) is 4.79 Å². The lowest BCUT2D eigenvalue weighted by Crippen LogP contribution is -2.47. The van der Waals surface area contributed by atoms with Crippen LogP contribution >= 0.6 is 0 Å². The highest BCUT2D eigenvalue weighted by molar-refractivity contribution is 5.93. The lowest BCUT2D eigenvalue weighted by atomic mass is 9.91. The number of pyridine rings is 1. The van der Waals surface area contributed by atoms with Crippen LogP contribution in [0.4, 0.5) is 10.5 Å². The number of carbonyl (C=O) groups excluding carboxylic acids is 1. The Morgan fingerprint density at radius 2 is 2.16 bits per heavy atom. The fourth-order valence-electron chi connectivity index (χ4n) is 3.17. The summed E-state index contributed by atoms with van der Waals surface area (Å²) in [6.45, 7) is 2.71. The first-order chi connectivity index (χ1) is 11.9. The monoisotopic (exact) mass is 343 g/mol. The molecule has 1 aliphatic rings. The van der Waals surface area contributed by atoms with E-state index >= 15 is 0 Å². The molecule has 0 bridgehead atoms. The number of rotatable bonds is 3. The van der Waals surface area contributed by atoms with Gasteiger partial charge < -0.3 is 15.3 Å². The van der Waals surface area contributed by atoms with Crippen LogP contribution in [0, 0.1) is 11.8 Å². The van der Waals surface area contributed by atoms with Crippen LogP contribution in [-0.2, 0) is 11.8 Å². The van der Waals surface area contributed by atoms with Gasteiger partial charge >= 0.3 is 12.0 Å². The molecule has 8 heteroatoms. The van der Waals surface area contributed by atoms with Crippen LogP contribution in [0.3, 0.4) is 0 Å². The van der Waals surface area contributed by atoms with Crippen molar-refractivity contribution in [3.8, 4) is 11.3 Å². The van der Waals surface area contributed by atoms with Crippen molar-refractivity contribution in [3.05, 3.63) is 30.7 Å². The van der Waals surface area contributed by atoms with Gasteiger partial charge in [-0.05, 0) is 24.5 Å². The molecular weight excluding hydrogens is 322 g/mol. The first kappa shape index (κ1) is 16.9. The minimum Gasteiger partial charge on any atom is -0.481 e. The van der Waals surface area contributed by atoms with Gasteiger partial charge in [-0.1, -0.05) is 6.92 Å². The fourth-order valence-corrected chi connectivity index (χ4v) is 3.17. The Hall–Kier alpha value is -2.90. The Labute approximate surface area is 145 Å². The molecular formula is C17H21N5O3. The third-order valence-electron chi connectivity index (χ3n) is 4.32. The topological polar surface area (TPSA) is 100 Å². The number of carbonyl (C=O) groups is 2. The van der Waals surface area contributed by atoms with Crippen molar-refractivity contribution >= 4 is 17.7 Å². The third kappa shape index (κ3) is 3.78. The summed E-state index contributed by atoms with van der Waals surface area (Å²) in [7, 11) is 1.81. The van der Waals surface area contributed by atoms with E-state index in [4.69, 9.17) is 0 Å². The number of hydrogen-bond donors (Lipinski definition) is 2. The van der Waals surface area contributed by atoms with Crippen molar-refractivity contribution in [3.63, 3.8) is 0 Å². The van der Waals surface area contributed by atoms with Crippen LogP contribution in [0.15, 0.2) is 30.7 Å². The molecule has 0 spiro atoms. The number of anilines is 1. The Kier molecular flexibility index (Phi) is 4.69. The lowest BCUT2D eigenvalue weighted by molar-refractivity contribution is -0.143. The average Bonchev–Trinajstić information content (AvgIpc) is 3.01. The van der Waals surface area contributed by atoms with Crippen molar-refractivity contribution < 1.29 is 14.7 Å². The van der Waals surface area contributed by atoms with E-state index in [0.29, 0.717) is 24.3 Å². The highest BCUT2D eigenvalue weighted by atomic mass is 16.4. The van der Waals surface area contributed by atoms with Crippen molar-refractivity contribution in [2.45, 2.75) is 13.3 Å². The molecule has 25 heavy (non-hydrogen) atoms. The van der Waals surface area contributed by atoms with Gasteiger partial charge in [0.15, 0.2) is 0 Å². The van der Waals surface area contributed by atoms with E-state index in [0.717, 1.165) is 5.56 Å². The second-order valence-corrected chi connectivity index (χ2v) is 6.51. The molecule has 8 nitrogen and oxygen atoms in total. The van der Waals surface area contributed by atoms with Crippen LogP contribution < -0.4 is 5.32 Å². The second kappa shape index (κ2) is 6.92. The minimum atomic E-state index is -0.859. The Bertz CT molecular complexity index is 788. The third-order valence-corrected chi connectivity index (χ3v) is 4.32. The molecule has 0 aromatic carbocycles. The number of aromatic nitrogens is 3. The van der Waals surface area contributed by atoms with Gasteiger partial charge in [-0.15, -0.1) is 0 Å². The molecule has 0 radical (unpaired) electrons. The van der Waals surface area contributed by atoms with Gasteiger partial charge in [0.25, 0.3) is 0 Å². The largest absolute Gasteiger partial charge is 0.481 e. The normalized spacial score (nSPS) is 20.3. The Balaban J connectivity index is 1.78. The zero-order valence-corrected chi connectivity index (χ0v) is 14.2. The number of likely N-dealkylation sites (tertiary alicyclic amines) is 1. The number of aliphatic carboxylic acids is 1. The van der Waals surface area contributed by atoms with Crippen LogP contribution in [-0.4, -0.2) is 49.9 Å². The zero-order chi connectivity index (χ0) is 18.0. The summed E-state index contributed by atoms with van der Waals surface area (Å²) in [5.41, 5.74) is 2.00. The van der Waals surface area contributed by atoms with Gasteiger partial charge in [0.1, 0.15) is 0 Å². The van der Waals surface area contributed by atoms with E-state index in [1.54, 1.807) is 34.1 Å². The molecule has 2 aromatic heterocycles. The fraction of sp³-hybridized carbons (Fsp3) is 0.412. The van der Waals surface area contributed by atoms with E-state index in [2.05, 4.69) is 15.4 Å². The highest BCUT2D eigenvalue weighted by Gasteiger charge is 2.32. The Morgan fingerprint density at radius 3 is 2.84 bits per heavy atom. The van der Waals surface area contributed by atoms with E-state index in [-0.39, 0.29) is 18.5 Å². The number of carboxylic acid groups (broad SMARTS) is 1. The predicted octanol–water partition coefficient (Wildman–Crippen LogP) is 2.06. The summed E-state index contributed by atoms with van der Waals surface area (Å²) >= 11 is 0. The van der Waals surface area contributed by atoms with Crippen molar-refractivity contribution in [1.82, 2.24) is 19.7 Å². The molecule has 2 N–H and O–H groups in total.